The first-order valence-corrected chi connectivity index (χ1v) is 14.0. The lowest BCUT2D eigenvalue weighted by Gasteiger charge is -2.42. The molecule has 1 saturated heterocycles. The van der Waals surface area contributed by atoms with Crippen molar-refractivity contribution in [2.75, 3.05) is 13.7 Å². The fourth-order valence-corrected chi connectivity index (χ4v) is 5.88. The maximum atomic E-state index is 13.6. The Labute approximate surface area is 260 Å². The Morgan fingerprint density at radius 2 is 1.67 bits per heavy atom. The van der Waals surface area contributed by atoms with E-state index >= 15 is 0 Å². The van der Waals surface area contributed by atoms with Crippen molar-refractivity contribution in [1.82, 2.24) is 0 Å². The van der Waals surface area contributed by atoms with Crippen molar-refractivity contribution in [2.24, 2.45) is 5.73 Å². The zero-order chi connectivity index (χ0) is 34.2. The molecule has 16 heteroatoms. The fraction of sp³-hybridized carbons (Fsp3) is 0.433. The van der Waals surface area contributed by atoms with Gasteiger partial charge in [-0.1, -0.05) is 12.1 Å². The van der Waals surface area contributed by atoms with Gasteiger partial charge in [-0.15, -0.1) is 0 Å². The standard InChI is InChI=1S/C27H29NO11.C3H4O4/c1-10-22(31)13(28)6-17(38-10)39-15-8-27(36,16(30)9-29)7-12-19(15)26(35)21-20(24(12)33)23(32)11-4-3-5-14(37-2)18(11)25(21)34;4-2(5)1-3(6)7/h3-5,10,13,15,17,22,29,31,33,35-36H,6-9,28H2,1-2H3;1H2,(H,4,5)(H,6,7)/t10-,13-,15-,17-,22-,27-;/m0./s1. The first-order valence-electron chi connectivity index (χ1n) is 14.0. The zero-order valence-electron chi connectivity index (χ0n) is 24.6. The van der Waals surface area contributed by atoms with Gasteiger partial charge in [0.25, 0.3) is 0 Å². The first kappa shape index (κ1) is 34.4. The Morgan fingerprint density at radius 3 is 2.22 bits per heavy atom. The molecule has 0 spiro atoms. The number of ketones is 3. The summed E-state index contributed by atoms with van der Waals surface area (Å²) in [5.41, 5.74) is 2.37. The Hall–Kier alpha value is -4.45. The number of ether oxygens (including phenoxy) is 3. The summed E-state index contributed by atoms with van der Waals surface area (Å²) >= 11 is 0. The molecule has 16 nitrogen and oxygen atoms in total. The van der Waals surface area contributed by atoms with Crippen LogP contribution in [-0.4, -0.2) is 109 Å². The van der Waals surface area contributed by atoms with Crippen molar-refractivity contribution < 1.29 is 73.9 Å². The number of aliphatic hydroxyl groups is 3. The van der Waals surface area contributed by atoms with Crippen LogP contribution in [0.5, 0.6) is 17.2 Å². The van der Waals surface area contributed by atoms with Crippen molar-refractivity contribution in [2.45, 2.75) is 68.9 Å². The zero-order valence-corrected chi connectivity index (χ0v) is 24.6. The van der Waals surface area contributed by atoms with Crippen LogP contribution in [0.2, 0.25) is 0 Å². The molecule has 9 N–H and O–H groups in total. The molecule has 1 heterocycles. The number of benzene rings is 2. The predicted octanol–water partition coefficient (Wildman–Crippen LogP) is -0.453. The summed E-state index contributed by atoms with van der Waals surface area (Å²) in [6.07, 6.45) is -5.93. The number of rotatable bonds is 7. The summed E-state index contributed by atoms with van der Waals surface area (Å²) in [4.78, 5) is 58.6. The minimum atomic E-state index is -2.24. The minimum Gasteiger partial charge on any atom is -0.507 e. The highest BCUT2D eigenvalue weighted by molar-refractivity contribution is 6.31. The highest BCUT2D eigenvalue weighted by atomic mass is 16.7. The second kappa shape index (κ2) is 13.1. The van der Waals surface area contributed by atoms with Crippen LogP contribution in [0.3, 0.4) is 0 Å². The number of hydrogen-bond acceptors (Lipinski definition) is 14. The van der Waals surface area contributed by atoms with Gasteiger partial charge in [-0.25, -0.2) is 0 Å². The van der Waals surface area contributed by atoms with E-state index < -0.39 is 114 Å². The predicted molar refractivity (Wildman–Crippen MR) is 152 cm³/mol. The summed E-state index contributed by atoms with van der Waals surface area (Å²) in [6, 6.07) is 3.64. The maximum Gasteiger partial charge on any atom is 0.314 e. The van der Waals surface area contributed by atoms with Crippen LogP contribution >= 0.6 is 0 Å². The minimum absolute atomic E-state index is 0.0173. The molecule has 0 aromatic heterocycles. The number of carbonyl (C=O) groups is 5. The molecule has 0 saturated carbocycles. The second-order valence-corrected chi connectivity index (χ2v) is 11.1. The van der Waals surface area contributed by atoms with Crippen LogP contribution in [0.25, 0.3) is 0 Å². The Balaban J connectivity index is 0.000000617. The molecule has 6 atom stereocenters. The second-order valence-electron chi connectivity index (χ2n) is 11.1. The summed E-state index contributed by atoms with van der Waals surface area (Å²) in [7, 11) is 1.32. The number of carbonyl (C=O) groups excluding carboxylic acids is 3. The molecule has 0 radical (unpaired) electrons. The summed E-state index contributed by atoms with van der Waals surface area (Å²) in [5.74, 6) is -6.40. The molecule has 2 aliphatic carbocycles. The number of aliphatic hydroxyl groups excluding tert-OH is 2. The normalized spacial score (nSPS) is 26.5. The van der Waals surface area contributed by atoms with Gasteiger partial charge in [0.2, 0.25) is 5.78 Å². The molecule has 1 fully saturated rings. The van der Waals surface area contributed by atoms with Crippen molar-refractivity contribution in [3.8, 4) is 17.2 Å². The van der Waals surface area contributed by atoms with Gasteiger partial charge >= 0.3 is 11.9 Å². The van der Waals surface area contributed by atoms with Crippen LogP contribution in [0.15, 0.2) is 18.2 Å². The van der Waals surface area contributed by atoms with Crippen LogP contribution in [-0.2, 0) is 30.3 Å². The Kier molecular flexibility index (Phi) is 9.81. The number of carboxylic acids is 2. The summed E-state index contributed by atoms with van der Waals surface area (Å²) in [6.45, 7) is 0.560. The van der Waals surface area contributed by atoms with Gasteiger partial charge in [0.15, 0.2) is 17.9 Å². The number of aliphatic carboxylic acids is 2. The van der Waals surface area contributed by atoms with Gasteiger partial charge in [0.05, 0.1) is 42.1 Å². The molecule has 0 unspecified atom stereocenters. The van der Waals surface area contributed by atoms with E-state index in [0.717, 1.165) is 0 Å². The Bertz CT molecular complexity index is 1580. The molecular weight excluding hydrogens is 614 g/mol. The van der Waals surface area contributed by atoms with Crippen molar-refractivity contribution in [3.63, 3.8) is 0 Å². The van der Waals surface area contributed by atoms with E-state index in [1.165, 1.54) is 25.3 Å². The molecular formula is C30H33NO15. The molecule has 1 aliphatic heterocycles. The molecule has 2 aromatic rings. The van der Waals surface area contributed by atoms with Gasteiger partial charge in [0.1, 0.15) is 35.9 Å². The molecule has 0 amide bonds. The number of aromatic hydroxyl groups is 2. The molecule has 2 aromatic carbocycles. The van der Waals surface area contributed by atoms with Crippen molar-refractivity contribution in [3.05, 3.63) is 51.6 Å². The van der Waals surface area contributed by atoms with Gasteiger partial charge < -0.3 is 55.7 Å². The third kappa shape index (κ3) is 6.18. The van der Waals surface area contributed by atoms with E-state index in [-0.39, 0.29) is 34.4 Å². The largest absolute Gasteiger partial charge is 0.507 e. The topological polar surface area (TPSA) is 281 Å². The summed E-state index contributed by atoms with van der Waals surface area (Å²) < 4.78 is 17.0. The lowest BCUT2D eigenvalue weighted by atomic mass is 9.72. The van der Waals surface area contributed by atoms with Crippen LogP contribution in [0, 0.1) is 0 Å². The molecule has 46 heavy (non-hydrogen) atoms. The van der Waals surface area contributed by atoms with Gasteiger partial charge in [-0.2, -0.15) is 0 Å². The fourth-order valence-electron chi connectivity index (χ4n) is 5.88. The third-order valence-electron chi connectivity index (χ3n) is 8.11. The SMILES string of the molecule is COc1cccc2c1C(=O)c1c(O)c3c(c(O)c1C2=O)C[C@@](O)(C(=O)CO)C[C@@H]3O[C@H]1C[C@H](N)[C@@H](O)[C@H](C)O1.O=C(O)CC(=O)O. The summed E-state index contributed by atoms with van der Waals surface area (Å²) in [5, 5.41) is 69.1. The van der Waals surface area contributed by atoms with Gasteiger partial charge in [0, 0.05) is 42.0 Å². The van der Waals surface area contributed by atoms with E-state index in [4.69, 9.17) is 30.2 Å². The van der Waals surface area contributed by atoms with Crippen molar-refractivity contribution >= 4 is 29.3 Å². The molecule has 5 rings (SSSR count). The number of hydrogen-bond donors (Lipinski definition) is 8. The monoisotopic (exact) mass is 647 g/mol. The number of fused-ring (bicyclic) bond motifs is 3. The van der Waals surface area contributed by atoms with Crippen molar-refractivity contribution in [1.29, 1.82) is 0 Å². The molecule has 3 aliphatic rings. The van der Waals surface area contributed by atoms with E-state index in [9.17, 15) is 49.5 Å². The highest BCUT2D eigenvalue weighted by Crippen LogP contribution is 2.52. The lowest BCUT2D eigenvalue weighted by Crippen LogP contribution is -2.53. The van der Waals surface area contributed by atoms with E-state index in [1.54, 1.807) is 6.92 Å². The van der Waals surface area contributed by atoms with E-state index in [1.807, 2.05) is 0 Å². The number of phenolic OH excluding ortho intramolecular Hbond substituents is 2. The quantitative estimate of drug-likeness (QED) is 0.119. The van der Waals surface area contributed by atoms with Gasteiger partial charge in [-0.3, -0.25) is 24.0 Å². The highest BCUT2D eigenvalue weighted by Gasteiger charge is 2.50. The maximum absolute atomic E-state index is 13.6. The molecule has 0 bridgehead atoms. The van der Waals surface area contributed by atoms with E-state index in [2.05, 4.69) is 0 Å². The lowest BCUT2D eigenvalue weighted by molar-refractivity contribution is -0.247. The van der Waals surface area contributed by atoms with Crippen LogP contribution < -0.4 is 10.5 Å². The number of carboxylic acid groups (broad SMARTS) is 2. The number of Topliss-reactive ketones (excluding diaryl/α,β-unsaturated/α-hetero) is 1. The smallest absolute Gasteiger partial charge is 0.314 e. The third-order valence-corrected chi connectivity index (χ3v) is 8.11. The van der Waals surface area contributed by atoms with Gasteiger partial charge in [-0.05, 0) is 13.0 Å². The number of nitrogens with two attached hydrogens (primary N) is 1. The first-order chi connectivity index (χ1) is 21.6. The van der Waals surface area contributed by atoms with Crippen LogP contribution in [0.1, 0.15) is 75.3 Å². The average Bonchev–Trinajstić information content (AvgIpc) is 2.98. The Morgan fingerprint density at radius 1 is 1.04 bits per heavy atom. The van der Waals surface area contributed by atoms with Crippen LogP contribution in [0.4, 0.5) is 0 Å². The average molecular weight is 648 g/mol. The number of phenols is 2. The van der Waals surface area contributed by atoms with E-state index in [0.29, 0.717) is 0 Å². The number of methoxy groups -OCH3 is 1. The molecule has 248 valence electrons.